The van der Waals surface area contributed by atoms with Gasteiger partial charge in [-0.2, -0.15) is 0 Å². The van der Waals surface area contributed by atoms with Crippen molar-refractivity contribution in [2.45, 2.75) is 78.1 Å². The zero-order valence-corrected chi connectivity index (χ0v) is 20.1. The molecule has 0 bridgehead atoms. The Bertz CT molecular complexity index is 764. The largest absolute Gasteiger partial charge is 0.466 e. The van der Waals surface area contributed by atoms with E-state index in [4.69, 9.17) is 4.74 Å². The Morgan fingerprint density at radius 1 is 0.968 bits per heavy atom. The number of thiophene rings is 1. The zero-order valence-electron chi connectivity index (χ0n) is 19.3. The molecule has 0 unspecified atom stereocenters. The van der Waals surface area contributed by atoms with Crippen molar-refractivity contribution in [2.24, 2.45) is 0 Å². The number of carbonyl (C=O) groups excluding carboxylic acids is 1. The number of unbranched alkanes of at least 4 members (excludes halogenated alkanes) is 5. The summed E-state index contributed by atoms with van der Waals surface area (Å²) in [5.41, 5.74) is 2.45. The number of rotatable bonds is 16. The van der Waals surface area contributed by atoms with Crippen LogP contribution in [0.15, 0.2) is 42.5 Å². The maximum atomic E-state index is 11.4. The number of ether oxygens (including phenoxy) is 1. The van der Waals surface area contributed by atoms with Crippen LogP contribution in [0.2, 0.25) is 0 Å². The van der Waals surface area contributed by atoms with Gasteiger partial charge in [0, 0.05) is 28.4 Å². The standard InChI is InChI=1S/C27H39NO2S/c1-3-25-20-21-26(31-25)14-10-8-6-5-7-9-11-22-28-24-18-16-23(17-19-24)13-12-15-27(29)30-4-2/h10,14,16-21,28H,3-9,11-13,15,22H2,1-2H3. The second-order valence-electron chi connectivity index (χ2n) is 7.90. The van der Waals surface area contributed by atoms with Gasteiger partial charge in [0.25, 0.3) is 0 Å². The number of hydrogen-bond acceptors (Lipinski definition) is 4. The molecular formula is C27H39NO2S. The summed E-state index contributed by atoms with van der Waals surface area (Å²) in [6.45, 7) is 5.55. The van der Waals surface area contributed by atoms with Crippen LogP contribution in [-0.4, -0.2) is 19.1 Å². The van der Waals surface area contributed by atoms with E-state index in [-0.39, 0.29) is 5.97 Å². The third kappa shape index (κ3) is 11.2. The Morgan fingerprint density at radius 3 is 2.48 bits per heavy atom. The van der Waals surface area contributed by atoms with Gasteiger partial charge in [0.15, 0.2) is 0 Å². The lowest BCUT2D eigenvalue weighted by molar-refractivity contribution is -0.143. The minimum Gasteiger partial charge on any atom is -0.466 e. The molecule has 2 aromatic rings. The molecule has 1 aromatic heterocycles. The third-order valence-electron chi connectivity index (χ3n) is 5.30. The third-order valence-corrected chi connectivity index (χ3v) is 6.49. The summed E-state index contributed by atoms with van der Waals surface area (Å²) in [4.78, 5) is 14.2. The summed E-state index contributed by atoms with van der Waals surface area (Å²) >= 11 is 1.90. The predicted molar refractivity (Wildman–Crippen MR) is 135 cm³/mol. The molecule has 170 valence electrons. The second-order valence-corrected chi connectivity index (χ2v) is 9.10. The van der Waals surface area contributed by atoms with Gasteiger partial charge in [-0.1, -0.05) is 44.4 Å². The first-order chi connectivity index (χ1) is 15.2. The van der Waals surface area contributed by atoms with E-state index in [1.807, 2.05) is 18.3 Å². The van der Waals surface area contributed by atoms with Crippen molar-refractivity contribution in [3.63, 3.8) is 0 Å². The maximum Gasteiger partial charge on any atom is 0.305 e. The molecular weight excluding hydrogens is 402 g/mol. The van der Waals surface area contributed by atoms with Crippen LogP contribution in [0.5, 0.6) is 0 Å². The summed E-state index contributed by atoms with van der Waals surface area (Å²) in [5, 5.41) is 3.51. The van der Waals surface area contributed by atoms with Gasteiger partial charge in [-0.3, -0.25) is 4.79 Å². The number of nitrogens with one attached hydrogen (secondary N) is 1. The van der Waals surface area contributed by atoms with Crippen LogP contribution < -0.4 is 5.32 Å². The van der Waals surface area contributed by atoms with Gasteiger partial charge in [-0.05, 0) is 81.4 Å². The molecule has 1 aromatic carbocycles. The van der Waals surface area contributed by atoms with Crippen LogP contribution in [-0.2, 0) is 22.4 Å². The molecule has 0 saturated heterocycles. The Morgan fingerprint density at radius 2 is 1.74 bits per heavy atom. The number of esters is 1. The minimum atomic E-state index is -0.0962. The van der Waals surface area contributed by atoms with Gasteiger partial charge in [-0.25, -0.2) is 0 Å². The topological polar surface area (TPSA) is 38.3 Å². The van der Waals surface area contributed by atoms with Crippen LogP contribution in [0.1, 0.15) is 80.5 Å². The van der Waals surface area contributed by atoms with E-state index in [0.29, 0.717) is 13.0 Å². The molecule has 0 atom stereocenters. The van der Waals surface area contributed by atoms with Crippen LogP contribution in [0.4, 0.5) is 5.69 Å². The predicted octanol–water partition coefficient (Wildman–Crippen LogP) is 7.66. The van der Waals surface area contributed by atoms with Crippen LogP contribution in [0.3, 0.4) is 0 Å². The first kappa shape index (κ1) is 25.2. The van der Waals surface area contributed by atoms with E-state index in [1.54, 1.807) is 0 Å². The summed E-state index contributed by atoms with van der Waals surface area (Å²) in [6, 6.07) is 13.1. The van der Waals surface area contributed by atoms with Crippen molar-refractivity contribution in [2.75, 3.05) is 18.5 Å². The second kappa shape index (κ2) is 15.7. The maximum absolute atomic E-state index is 11.4. The molecule has 0 aliphatic heterocycles. The van der Waals surface area contributed by atoms with E-state index < -0.39 is 0 Å². The quantitative estimate of drug-likeness (QED) is 0.215. The summed E-state index contributed by atoms with van der Waals surface area (Å²) < 4.78 is 4.96. The lowest BCUT2D eigenvalue weighted by Crippen LogP contribution is -2.04. The van der Waals surface area contributed by atoms with E-state index in [0.717, 1.165) is 25.8 Å². The monoisotopic (exact) mass is 441 g/mol. The fraction of sp³-hybridized carbons (Fsp3) is 0.519. The van der Waals surface area contributed by atoms with Crippen molar-refractivity contribution in [1.29, 1.82) is 0 Å². The van der Waals surface area contributed by atoms with Crippen molar-refractivity contribution in [3.05, 3.63) is 57.8 Å². The van der Waals surface area contributed by atoms with Crippen molar-refractivity contribution < 1.29 is 9.53 Å². The Balaban J connectivity index is 1.46. The number of aryl methyl sites for hydroxylation is 2. The molecule has 1 heterocycles. The Kier molecular flexibility index (Phi) is 12.8. The average Bonchev–Trinajstić information content (AvgIpc) is 3.24. The number of allylic oxidation sites excluding steroid dienone is 1. The molecule has 0 fully saturated rings. The molecule has 0 aliphatic rings. The Hall–Kier alpha value is -2.07. The number of benzene rings is 1. The van der Waals surface area contributed by atoms with Gasteiger partial charge in [-0.15, -0.1) is 11.3 Å². The highest BCUT2D eigenvalue weighted by molar-refractivity contribution is 7.12. The SMILES string of the molecule is CCOC(=O)CCCc1ccc(NCCCCCCCC=Cc2ccc(CC)s2)cc1. The molecule has 31 heavy (non-hydrogen) atoms. The van der Waals surface area contributed by atoms with Crippen molar-refractivity contribution >= 4 is 29.1 Å². The number of hydrogen-bond donors (Lipinski definition) is 1. The van der Waals surface area contributed by atoms with E-state index in [1.165, 1.54) is 59.5 Å². The van der Waals surface area contributed by atoms with Crippen LogP contribution in [0, 0.1) is 0 Å². The lowest BCUT2D eigenvalue weighted by Gasteiger charge is -2.08. The molecule has 0 saturated carbocycles. The molecule has 2 rings (SSSR count). The summed E-state index contributed by atoms with van der Waals surface area (Å²) in [5.74, 6) is -0.0962. The molecule has 0 aliphatic carbocycles. The molecule has 3 nitrogen and oxygen atoms in total. The molecule has 0 amide bonds. The molecule has 1 N–H and O–H groups in total. The molecule has 0 spiro atoms. The highest BCUT2D eigenvalue weighted by Gasteiger charge is 2.02. The number of carbonyl (C=O) groups is 1. The van der Waals surface area contributed by atoms with Crippen LogP contribution >= 0.6 is 11.3 Å². The molecule has 0 radical (unpaired) electrons. The van der Waals surface area contributed by atoms with Crippen molar-refractivity contribution in [1.82, 2.24) is 0 Å². The Labute approximate surface area is 192 Å². The first-order valence-electron chi connectivity index (χ1n) is 11.9. The van der Waals surface area contributed by atoms with Crippen molar-refractivity contribution in [3.8, 4) is 0 Å². The fourth-order valence-corrected chi connectivity index (χ4v) is 4.37. The first-order valence-corrected chi connectivity index (χ1v) is 12.8. The fourth-order valence-electron chi connectivity index (χ4n) is 3.48. The van der Waals surface area contributed by atoms with E-state index in [9.17, 15) is 4.79 Å². The van der Waals surface area contributed by atoms with E-state index in [2.05, 4.69) is 60.8 Å². The van der Waals surface area contributed by atoms with Gasteiger partial charge < -0.3 is 10.1 Å². The summed E-state index contributed by atoms with van der Waals surface area (Å²) in [6.07, 6.45) is 15.6. The lowest BCUT2D eigenvalue weighted by atomic mass is 10.1. The average molecular weight is 442 g/mol. The summed E-state index contributed by atoms with van der Waals surface area (Å²) in [7, 11) is 0. The van der Waals surface area contributed by atoms with Crippen LogP contribution in [0.25, 0.3) is 6.08 Å². The highest BCUT2D eigenvalue weighted by Crippen LogP contribution is 2.19. The van der Waals surface area contributed by atoms with Gasteiger partial charge in [0.2, 0.25) is 0 Å². The zero-order chi connectivity index (χ0) is 22.2. The highest BCUT2D eigenvalue weighted by atomic mass is 32.1. The normalized spacial score (nSPS) is 11.2. The van der Waals surface area contributed by atoms with Gasteiger partial charge >= 0.3 is 5.97 Å². The van der Waals surface area contributed by atoms with E-state index >= 15 is 0 Å². The van der Waals surface area contributed by atoms with Gasteiger partial charge in [0.05, 0.1) is 6.61 Å². The van der Waals surface area contributed by atoms with Gasteiger partial charge in [0.1, 0.15) is 0 Å². The minimum absolute atomic E-state index is 0.0962. The smallest absolute Gasteiger partial charge is 0.305 e. The number of anilines is 1. The molecule has 4 heteroatoms.